The molecule has 1 aromatic heterocycles. The van der Waals surface area contributed by atoms with Crippen LogP contribution in [0.25, 0.3) is 6.08 Å². The minimum absolute atomic E-state index is 0.0428. The summed E-state index contributed by atoms with van der Waals surface area (Å²) >= 11 is 7.55. The summed E-state index contributed by atoms with van der Waals surface area (Å²) in [6.45, 7) is 2.04. The number of carbonyl (C=O) groups excluding carboxylic acids is 2. The second kappa shape index (κ2) is 9.64. The first-order valence-corrected chi connectivity index (χ1v) is 12.4. The number of hydrogen-bond donors (Lipinski definition) is 0. The van der Waals surface area contributed by atoms with Gasteiger partial charge in [0.15, 0.2) is 5.17 Å². The molecule has 2 aliphatic rings. The number of rotatable bonds is 5. The molecular formula is C26H22ClN3O4S. The van der Waals surface area contributed by atoms with Crippen molar-refractivity contribution in [3.05, 3.63) is 82.9 Å². The zero-order valence-corrected chi connectivity index (χ0v) is 20.7. The number of halogens is 1. The molecule has 0 aliphatic carbocycles. The maximum atomic E-state index is 13.3. The van der Waals surface area contributed by atoms with E-state index in [2.05, 4.69) is 4.99 Å². The molecule has 1 unspecified atom stereocenters. The van der Waals surface area contributed by atoms with Crippen LogP contribution in [0.1, 0.15) is 18.2 Å². The SMILES string of the molecule is COc1ccc(N2C(=O)/C(=C\c3ccco3)N=C2SCC(=O)N2c3ccccc3CC2C)cc1Cl. The predicted octanol–water partition coefficient (Wildman–Crippen LogP) is 5.40. The van der Waals surface area contributed by atoms with Crippen LogP contribution in [0.5, 0.6) is 5.75 Å². The van der Waals surface area contributed by atoms with E-state index in [4.69, 9.17) is 20.8 Å². The van der Waals surface area contributed by atoms with Crippen LogP contribution in [0.15, 0.2) is 76.0 Å². The maximum Gasteiger partial charge on any atom is 0.283 e. The summed E-state index contributed by atoms with van der Waals surface area (Å²) < 4.78 is 10.6. The molecule has 0 N–H and O–H groups in total. The molecule has 3 heterocycles. The quantitative estimate of drug-likeness (QED) is 0.432. The van der Waals surface area contributed by atoms with Crippen LogP contribution in [0.2, 0.25) is 5.02 Å². The van der Waals surface area contributed by atoms with Gasteiger partial charge in [-0.1, -0.05) is 41.6 Å². The number of para-hydroxylation sites is 1. The number of anilines is 2. The first-order valence-electron chi connectivity index (χ1n) is 11.0. The van der Waals surface area contributed by atoms with E-state index in [0.717, 1.165) is 17.7 Å². The molecule has 2 aliphatic heterocycles. The average Bonchev–Trinajstić information content (AvgIpc) is 3.55. The molecule has 0 bridgehead atoms. The number of carbonyl (C=O) groups is 2. The highest BCUT2D eigenvalue weighted by molar-refractivity contribution is 8.14. The fraction of sp³-hybridized carbons (Fsp3) is 0.192. The van der Waals surface area contributed by atoms with Crippen molar-refractivity contribution < 1.29 is 18.7 Å². The van der Waals surface area contributed by atoms with Gasteiger partial charge >= 0.3 is 0 Å². The smallest absolute Gasteiger partial charge is 0.283 e. The molecule has 0 spiro atoms. The van der Waals surface area contributed by atoms with Crippen molar-refractivity contribution in [2.45, 2.75) is 19.4 Å². The van der Waals surface area contributed by atoms with E-state index >= 15 is 0 Å². The van der Waals surface area contributed by atoms with Crippen molar-refractivity contribution in [2.24, 2.45) is 4.99 Å². The van der Waals surface area contributed by atoms with Gasteiger partial charge in [0.1, 0.15) is 17.2 Å². The Balaban J connectivity index is 1.43. The van der Waals surface area contributed by atoms with Crippen molar-refractivity contribution in [2.75, 3.05) is 22.7 Å². The van der Waals surface area contributed by atoms with Gasteiger partial charge in [0, 0.05) is 17.8 Å². The van der Waals surface area contributed by atoms with E-state index in [-0.39, 0.29) is 29.3 Å². The molecule has 1 atom stereocenters. The van der Waals surface area contributed by atoms with Crippen molar-refractivity contribution in [1.82, 2.24) is 0 Å². The van der Waals surface area contributed by atoms with Crippen LogP contribution >= 0.6 is 23.4 Å². The van der Waals surface area contributed by atoms with E-state index in [1.54, 1.807) is 36.4 Å². The standard InChI is InChI=1S/C26H22ClN3O4S/c1-16-12-17-6-3-4-8-22(17)29(16)24(31)15-35-26-28-21(14-19-7-5-11-34-19)25(32)30(26)18-9-10-23(33-2)20(27)13-18/h3-11,13-14,16H,12,15H2,1-2H3/b21-14+. The van der Waals surface area contributed by atoms with Gasteiger partial charge in [-0.2, -0.15) is 0 Å². The van der Waals surface area contributed by atoms with Gasteiger partial charge in [-0.25, -0.2) is 4.99 Å². The number of methoxy groups -OCH3 is 1. The van der Waals surface area contributed by atoms with E-state index < -0.39 is 0 Å². The number of aliphatic imine (C=N–C) groups is 1. The van der Waals surface area contributed by atoms with Crippen LogP contribution < -0.4 is 14.5 Å². The van der Waals surface area contributed by atoms with Crippen LogP contribution in [0.3, 0.4) is 0 Å². The topological polar surface area (TPSA) is 75.3 Å². The minimum Gasteiger partial charge on any atom is -0.495 e. The number of benzene rings is 2. The first kappa shape index (κ1) is 23.3. The Morgan fingerprint density at radius 2 is 2.09 bits per heavy atom. The summed E-state index contributed by atoms with van der Waals surface area (Å²) in [4.78, 5) is 34.4. The van der Waals surface area contributed by atoms with Crippen LogP contribution in [-0.2, 0) is 16.0 Å². The van der Waals surface area contributed by atoms with Crippen molar-refractivity contribution in [1.29, 1.82) is 0 Å². The monoisotopic (exact) mass is 507 g/mol. The zero-order valence-electron chi connectivity index (χ0n) is 19.1. The van der Waals surface area contributed by atoms with Gasteiger partial charge in [0.25, 0.3) is 5.91 Å². The fourth-order valence-electron chi connectivity index (χ4n) is 4.26. The second-order valence-corrected chi connectivity index (χ2v) is 9.48. The zero-order chi connectivity index (χ0) is 24.5. The third-order valence-corrected chi connectivity index (χ3v) is 7.06. The summed E-state index contributed by atoms with van der Waals surface area (Å²) in [7, 11) is 1.53. The lowest BCUT2D eigenvalue weighted by molar-refractivity contribution is -0.116. The summed E-state index contributed by atoms with van der Waals surface area (Å²) in [6.07, 6.45) is 3.92. The van der Waals surface area contributed by atoms with E-state index in [1.807, 2.05) is 36.1 Å². The lowest BCUT2D eigenvalue weighted by Gasteiger charge is -2.23. The molecule has 35 heavy (non-hydrogen) atoms. The van der Waals surface area contributed by atoms with Crippen molar-refractivity contribution in [3.63, 3.8) is 0 Å². The van der Waals surface area contributed by atoms with Gasteiger partial charge < -0.3 is 14.1 Å². The van der Waals surface area contributed by atoms with E-state index in [0.29, 0.717) is 27.4 Å². The normalized spacial score (nSPS) is 18.3. The number of fused-ring (bicyclic) bond motifs is 1. The lowest BCUT2D eigenvalue weighted by atomic mass is 10.1. The van der Waals surface area contributed by atoms with Crippen LogP contribution in [-0.4, -0.2) is 35.9 Å². The molecule has 0 saturated carbocycles. The Hall–Kier alpha value is -3.49. The third-order valence-electron chi connectivity index (χ3n) is 5.85. The maximum absolute atomic E-state index is 13.3. The van der Waals surface area contributed by atoms with Gasteiger partial charge in [0.05, 0.1) is 29.8 Å². The first-order chi connectivity index (χ1) is 17.0. The Kier molecular flexibility index (Phi) is 6.40. The fourth-order valence-corrected chi connectivity index (χ4v) is 5.39. The highest BCUT2D eigenvalue weighted by atomic mass is 35.5. The molecule has 3 aromatic rings. The van der Waals surface area contributed by atoms with E-state index in [1.165, 1.54) is 30.0 Å². The van der Waals surface area contributed by atoms with Crippen LogP contribution in [0, 0.1) is 0 Å². The summed E-state index contributed by atoms with van der Waals surface area (Å²) in [6, 6.07) is 16.5. The van der Waals surface area contributed by atoms with Gasteiger partial charge in [-0.05, 0) is 55.3 Å². The molecular weight excluding hydrogens is 486 g/mol. The molecule has 7 nitrogen and oxygen atoms in total. The van der Waals surface area contributed by atoms with Crippen molar-refractivity contribution in [3.8, 4) is 5.75 Å². The molecule has 0 radical (unpaired) electrons. The van der Waals surface area contributed by atoms with Crippen LogP contribution in [0.4, 0.5) is 11.4 Å². The number of hydrogen-bond acceptors (Lipinski definition) is 6. The number of amides is 2. The average molecular weight is 508 g/mol. The summed E-state index contributed by atoms with van der Waals surface area (Å²) in [5, 5.41) is 0.756. The number of nitrogens with zero attached hydrogens (tertiary/aromatic N) is 3. The minimum atomic E-state index is -0.336. The highest BCUT2D eigenvalue weighted by Gasteiger charge is 2.35. The Labute approximate surface area is 212 Å². The van der Waals surface area contributed by atoms with Gasteiger partial charge in [-0.3, -0.25) is 14.5 Å². The highest BCUT2D eigenvalue weighted by Crippen LogP contribution is 2.36. The summed E-state index contributed by atoms with van der Waals surface area (Å²) in [5.41, 5.74) is 2.83. The van der Waals surface area contributed by atoms with Gasteiger partial charge in [0.2, 0.25) is 5.91 Å². The predicted molar refractivity (Wildman–Crippen MR) is 139 cm³/mol. The Bertz CT molecular complexity index is 1350. The number of furan rings is 1. The van der Waals surface area contributed by atoms with Gasteiger partial charge in [-0.15, -0.1) is 0 Å². The molecule has 0 fully saturated rings. The second-order valence-electron chi connectivity index (χ2n) is 8.13. The molecule has 2 amide bonds. The molecule has 0 saturated heterocycles. The van der Waals surface area contributed by atoms with Crippen molar-refractivity contribution >= 4 is 57.8 Å². The number of thioether (sulfide) groups is 1. The largest absolute Gasteiger partial charge is 0.495 e. The molecule has 5 rings (SSSR count). The molecule has 2 aromatic carbocycles. The Morgan fingerprint density at radius 1 is 1.26 bits per heavy atom. The third kappa shape index (κ3) is 4.47. The Morgan fingerprint density at radius 3 is 2.83 bits per heavy atom. The molecule has 178 valence electrons. The number of ether oxygens (including phenoxy) is 1. The number of amidine groups is 1. The lowest BCUT2D eigenvalue weighted by Crippen LogP contribution is -2.38. The molecule has 9 heteroatoms. The summed E-state index contributed by atoms with van der Waals surface area (Å²) in [5.74, 6) is 0.751. The van der Waals surface area contributed by atoms with E-state index in [9.17, 15) is 9.59 Å².